The normalized spacial score (nSPS) is 10.8. The number of hydrogen-bond acceptors (Lipinski definition) is 8. The molecule has 12 heteroatoms. The number of benzene rings is 2. The SMILES string of the molecule is CCCCCCCCOc1ccc(C(=O)NNC(=O)C(=O)NNC(=O)c2ccc(OCCCCCCCC)c(OCCCCCCCC)c2)cc1OCCCCCCCC. The minimum atomic E-state index is -1.18. The summed E-state index contributed by atoms with van der Waals surface area (Å²) in [6.07, 6.45) is 27.1. The average Bonchev–Trinajstić information content (AvgIpc) is 3.26. The van der Waals surface area contributed by atoms with E-state index in [1.807, 2.05) is 0 Å². The Labute approximate surface area is 361 Å². The lowest BCUT2D eigenvalue weighted by atomic mass is 10.1. The highest BCUT2D eigenvalue weighted by molar-refractivity contribution is 6.35. The van der Waals surface area contributed by atoms with Crippen molar-refractivity contribution in [3.63, 3.8) is 0 Å². The summed E-state index contributed by atoms with van der Waals surface area (Å²) in [4.78, 5) is 51.3. The van der Waals surface area contributed by atoms with Crippen LogP contribution in [0.15, 0.2) is 36.4 Å². The molecule has 0 aliphatic carbocycles. The van der Waals surface area contributed by atoms with Crippen LogP contribution in [0.1, 0.15) is 203 Å². The summed E-state index contributed by atoms with van der Waals surface area (Å²) in [6, 6.07) is 9.68. The predicted molar refractivity (Wildman–Crippen MR) is 240 cm³/mol. The number of hydrazine groups is 2. The largest absolute Gasteiger partial charge is 0.490 e. The third-order valence-corrected chi connectivity index (χ3v) is 10.2. The Morgan fingerprint density at radius 3 is 0.917 bits per heavy atom. The molecule has 0 heterocycles. The predicted octanol–water partition coefficient (Wildman–Crippen LogP) is 10.9. The highest BCUT2D eigenvalue weighted by Crippen LogP contribution is 2.30. The molecule has 338 valence electrons. The lowest BCUT2D eigenvalue weighted by Crippen LogP contribution is -2.52. The van der Waals surface area contributed by atoms with Gasteiger partial charge in [0, 0.05) is 11.1 Å². The smallest absolute Gasteiger partial charge is 0.329 e. The van der Waals surface area contributed by atoms with E-state index in [1.165, 1.54) is 89.9 Å². The maximum atomic E-state index is 13.1. The van der Waals surface area contributed by atoms with Crippen LogP contribution >= 0.6 is 0 Å². The van der Waals surface area contributed by atoms with Crippen molar-refractivity contribution in [2.45, 2.75) is 182 Å². The third kappa shape index (κ3) is 23.3. The summed E-state index contributed by atoms with van der Waals surface area (Å²) < 4.78 is 24.3. The molecule has 0 bridgehead atoms. The molecule has 0 spiro atoms. The van der Waals surface area contributed by atoms with E-state index >= 15 is 0 Å². The second kappa shape index (κ2) is 34.3. The molecule has 0 aromatic heterocycles. The summed E-state index contributed by atoms with van der Waals surface area (Å²) in [5, 5.41) is 0. The molecule has 2 aromatic carbocycles. The Morgan fingerprint density at radius 2 is 0.617 bits per heavy atom. The van der Waals surface area contributed by atoms with Crippen LogP contribution < -0.4 is 40.7 Å². The van der Waals surface area contributed by atoms with Crippen LogP contribution in [0.5, 0.6) is 23.0 Å². The number of unbranched alkanes of at least 4 members (excludes halogenated alkanes) is 20. The first-order chi connectivity index (χ1) is 29.3. The average molecular weight is 839 g/mol. The highest BCUT2D eigenvalue weighted by atomic mass is 16.5. The summed E-state index contributed by atoms with van der Waals surface area (Å²) in [7, 11) is 0. The maximum Gasteiger partial charge on any atom is 0.329 e. The summed E-state index contributed by atoms with van der Waals surface area (Å²) in [5.41, 5.74) is 9.17. The van der Waals surface area contributed by atoms with Crippen LogP contribution in [0.2, 0.25) is 0 Å². The van der Waals surface area contributed by atoms with Gasteiger partial charge in [-0.25, -0.2) is 0 Å². The molecular formula is C48H78N4O8. The fourth-order valence-electron chi connectivity index (χ4n) is 6.51. The topological polar surface area (TPSA) is 153 Å². The van der Waals surface area contributed by atoms with Gasteiger partial charge in [0.25, 0.3) is 11.8 Å². The van der Waals surface area contributed by atoms with E-state index in [-0.39, 0.29) is 11.1 Å². The number of nitrogens with one attached hydrogen (secondary N) is 4. The van der Waals surface area contributed by atoms with Crippen molar-refractivity contribution < 1.29 is 38.1 Å². The van der Waals surface area contributed by atoms with Gasteiger partial charge in [-0.2, -0.15) is 0 Å². The molecule has 4 N–H and O–H groups in total. The van der Waals surface area contributed by atoms with Gasteiger partial charge in [0.05, 0.1) is 26.4 Å². The molecule has 2 aromatic rings. The van der Waals surface area contributed by atoms with Crippen LogP contribution in [0, 0.1) is 0 Å². The first kappa shape index (κ1) is 51.7. The molecule has 12 nitrogen and oxygen atoms in total. The van der Waals surface area contributed by atoms with Gasteiger partial charge in [-0.15, -0.1) is 0 Å². The monoisotopic (exact) mass is 839 g/mol. The van der Waals surface area contributed by atoms with E-state index in [4.69, 9.17) is 18.9 Å². The molecular weight excluding hydrogens is 761 g/mol. The van der Waals surface area contributed by atoms with E-state index in [9.17, 15) is 19.2 Å². The van der Waals surface area contributed by atoms with Gasteiger partial charge in [0.2, 0.25) is 0 Å². The minimum absolute atomic E-state index is 0.211. The molecule has 0 saturated heterocycles. The zero-order valence-corrected chi connectivity index (χ0v) is 37.5. The number of carbonyl (C=O) groups excluding carboxylic acids is 4. The number of ether oxygens (including phenoxy) is 4. The van der Waals surface area contributed by atoms with Gasteiger partial charge < -0.3 is 18.9 Å². The highest BCUT2D eigenvalue weighted by Gasteiger charge is 2.19. The number of amides is 4. The lowest BCUT2D eigenvalue weighted by Gasteiger charge is -2.15. The quantitative estimate of drug-likeness (QED) is 0.0309. The third-order valence-electron chi connectivity index (χ3n) is 10.2. The number of rotatable bonds is 34. The van der Waals surface area contributed by atoms with Crippen molar-refractivity contribution in [2.75, 3.05) is 26.4 Å². The first-order valence-corrected chi connectivity index (χ1v) is 23.3. The minimum Gasteiger partial charge on any atom is -0.490 e. The molecule has 0 aliphatic heterocycles. The Hall–Kier alpha value is -4.48. The van der Waals surface area contributed by atoms with Gasteiger partial charge in [-0.05, 0) is 62.1 Å². The van der Waals surface area contributed by atoms with E-state index in [0.29, 0.717) is 49.4 Å². The van der Waals surface area contributed by atoms with Crippen molar-refractivity contribution in [3.05, 3.63) is 47.5 Å². The van der Waals surface area contributed by atoms with E-state index < -0.39 is 23.6 Å². The number of carbonyl (C=O) groups is 4. The molecule has 0 unspecified atom stereocenters. The Kier molecular flexibility index (Phi) is 29.5. The van der Waals surface area contributed by atoms with Crippen LogP contribution in [-0.4, -0.2) is 50.1 Å². The Morgan fingerprint density at radius 1 is 0.350 bits per heavy atom. The zero-order valence-electron chi connectivity index (χ0n) is 37.5. The van der Waals surface area contributed by atoms with Gasteiger partial charge in [0.1, 0.15) is 0 Å². The van der Waals surface area contributed by atoms with Gasteiger partial charge in [0.15, 0.2) is 23.0 Å². The Bertz CT molecular complexity index is 1380. The van der Waals surface area contributed by atoms with Crippen LogP contribution in [0.4, 0.5) is 0 Å². The number of hydrogen-bond donors (Lipinski definition) is 4. The molecule has 0 fully saturated rings. The van der Waals surface area contributed by atoms with E-state index in [1.54, 1.807) is 36.4 Å². The summed E-state index contributed by atoms with van der Waals surface area (Å²) in [6.45, 7) is 10.8. The molecule has 0 atom stereocenters. The molecule has 4 amide bonds. The standard InChI is InChI=1S/C48H78N4O8/c1-5-9-13-17-21-25-33-57-41-31-29-39(37-43(41)59-35-27-23-19-15-11-7-3)45(53)49-51-47(55)48(56)52-50-46(54)40-30-32-42(58-34-26-22-18-14-10-6-2)44(38-40)60-36-28-24-20-16-12-8-4/h29-32,37-38H,5-28,33-36H2,1-4H3,(H,49,53)(H,50,54)(H,51,55)(H,52,56). The summed E-state index contributed by atoms with van der Waals surface area (Å²) in [5.74, 6) is -1.66. The second-order valence-corrected chi connectivity index (χ2v) is 15.6. The van der Waals surface area contributed by atoms with Crippen molar-refractivity contribution in [3.8, 4) is 23.0 Å². The van der Waals surface area contributed by atoms with Crippen LogP contribution in [-0.2, 0) is 9.59 Å². The zero-order chi connectivity index (χ0) is 43.5. The second-order valence-electron chi connectivity index (χ2n) is 15.6. The molecule has 0 radical (unpaired) electrons. The van der Waals surface area contributed by atoms with Crippen molar-refractivity contribution in [1.29, 1.82) is 0 Å². The van der Waals surface area contributed by atoms with Crippen LogP contribution in [0.25, 0.3) is 0 Å². The van der Waals surface area contributed by atoms with Gasteiger partial charge in [-0.3, -0.25) is 40.9 Å². The van der Waals surface area contributed by atoms with Crippen molar-refractivity contribution in [1.82, 2.24) is 21.7 Å². The fourth-order valence-corrected chi connectivity index (χ4v) is 6.51. The van der Waals surface area contributed by atoms with E-state index in [2.05, 4.69) is 49.4 Å². The van der Waals surface area contributed by atoms with Crippen molar-refractivity contribution in [2.24, 2.45) is 0 Å². The maximum absolute atomic E-state index is 13.1. The first-order valence-electron chi connectivity index (χ1n) is 23.3. The molecule has 0 aliphatic rings. The lowest BCUT2D eigenvalue weighted by molar-refractivity contribution is -0.140. The molecule has 60 heavy (non-hydrogen) atoms. The van der Waals surface area contributed by atoms with E-state index in [0.717, 1.165) is 64.2 Å². The molecule has 0 saturated carbocycles. The molecule has 2 rings (SSSR count). The fraction of sp³-hybridized carbons (Fsp3) is 0.667. The van der Waals surface area contributed by atoms with Crippen LogP contribution in [0.3, 0.4) is 0 Å². The Balaban J connectivity index is 1.94. The summed E-state index contributed by atoms with van der Waals surface area (Å²) >= 11 is 0. The van der Waals surface area contributed by atoms with Gasteiger partial charge in [-0.1, -0.05) is 156 Å². The van der Waals surface area contributed by atoms with Crippen molar-refractivity contribution >= 4 is 23.6 Å². The van der Waals surface area contributed by atoms with Gasteiger partial charge >= 0.3 is 11.8 Å².